The van der Waals surface area contributed by atoms with Crippen LogP contribution < -0.4 is 5.32 Å². The molecule has 0 aliphatic carbocycles. The predicted octanol–water partition coefficient (Wildman–Crippen LogP) is 3.06. The number of amides is 1. The van der Waals surface area contributed by atoms with Gasteiger partial charge in [0.2, 0.25) is 10.0 Å². The number of thiazole rings is 1. The minimum atomic E-state index is -3.59. The Morgan fingerprint density at radius 3 is 2.66 bits per heavy atom. The molecule has 2 aromatic heterocycles. The van der Waals surface area contributed by atoms with E-state index in [4.69, 9.17) is 0 Å². The highest BCUT2D eigenvalue weighted by Gasteiger charge is 2.27. The maximum Gasteiger partial charge on any atom is 0.267 e. The zero-order valence-corrected chi connectivity index (χ0v) is 18.2. The number of rotatable bonds is 5. The molecule has 1 N–H and O–H groups in total. The first-order valence-electron chi connectivity index (χ1n) is 9.03. The van der Waals surface area contributed by atoms with Crippen LogP contribution in [0.3, 0.4) is 0 Å². The number of likely N-dealkylation sites (N-methyl/N-ethyl adjacent to an activating group) is 1. The van der Waals surface area contributed by atoms with Crippen LogP contribution in [0, 0.1) is 0 Å². The zero-order valence-electron chi connectivity index (χ0n) is 15.7. The molecule has 1 aliphatic rings. The van der Waals surface area contributed by atoms with E-state index in [0.29, 0.717) is 36.7 Å². The van der Waals surface area contributed by atoms with Gasteiger partial charge in [-0.1, -0.05) is 12.1 Å². The van der Waals surface area contributed by atoms with Crippen LogP contribution in [0.5, 0.6) is 0 Å². The Hall–Kier alpha value is -2.11. The lowest BCUT2D eigenvalue weighted by Crippen LogP contribution is -2.47. The molecule has 0 atom stereocenters. The van der Waals surface area contributed by atoms with Crippen LogP contribution in [0.2, 0.25) is 0 Å². The molecule has 0 spiro atoms. The van der Waals surface area contributed by atoms with Crippen LogP contribution in [0.1, 0.15) is 9.67 Å². The number of anilines is 1. The lowest BCUT2D eigenvalue weighted by molar-refractivity contribution is 0.103. The molecule has 152 valence electrons. The molecule has 3 heterocycles. The van der Waals surface area contributed by atoms with Gasteiger partial charge in [-0.3, -0.25) is 4.79 Å². The van der Waals surface area contributed by atoms with E-state index in [1.165, 1.54) is 21.7 Å². The minimum Gasteiger partial charge on any atom is -0.321 e. The van der Waals surface area contributed by atoms with Crippen LogP contribution in [-0.4, -0.2) is 61.7 Å². The van der Waals surface area contributed by atoms with Gasteiger partial charge in [0.25, 0.3) is 5.91 Å². The first kappa shape index (κ1) is 20.2. The number of aromatic nitrogens is 1. The second-order valence-corrected chi connectivity index (χ2v) is 10.6. The molecule has 1 saturated heterocycles. The van der Waals surface area contributed by atoms with Crippen molar-refractivity contribution < 1.29 is 13.2 Å². The zero-order chi connectivity index (χ0) is 20.4. The van der Waals surface area contributed by atoms with Crippen molar-refractivity contribution in [3.05, 3.63) is 52.9 Å². The van der Waals surface area contributed by atoms with Crippen LogP contribution in [-0.2, 0) is 10.0 Å². The van der Waals surface area contributed by atoms with Gasteiger partial charge in [0.1, 0.15) is 9.88 Å². The van der Waals surface area contributed by atoms with Crippen molar-refractivity contribution in [3.63, 3.8) is 0 Å². The largest absolute Gasteiger partial charge is 0.321 e. The summed E-state index contributed by atoms with van der Waals surface area (Å²) >= 11 is 2.87. The maximum atomic E-state index is 12.9. The summed E-state index contributed by atoms with van der Waals surface area (Å²) < 4.78 is 27.3. The third-order valence-electron chi connectivity index (χ3n) is 4.65. The fourth-order valence-electron chi connectivity index (χ4n) is 3.00. The van der Waals surface area contributed by atoms with E-state index < -0.39 is 10.0 Å². The normalized spacial score (nSPS) is 16.0. The number of piperazine rings is 1. The van der Waals surface area contributed by atoms with Crippen molar-refractivity contribution in [1.82, 2.24) is 14.2 Å². The Kier molecular flexibility index (Phi) is 5.79. The number of thiophene rings is 1. The van der Waals surface area contributed by atoms with Crippen LogP contribution in [0.15, 0.2) is 52.9 Å². The predicted molar refractivity (Wildman–Crippen MR) is 116 cm³/mol. The maximum absolute atomic E-state index is 12.9. The van der Waals surface area contributed by atoms with Crippen molar-refractivity contribution in [3.8, 4) is 9.88 Å². The molecule has 7 nitrogen and oxygen atoms in total. The Labute approximate surface area is 177 Å². The topological polar surface area (TPSA) is 82.6 Å². The highest BCUT2D eigenvalue weighted by molar-refractivity contribution is 7.89. The van der Waals surface area contributed by atoms with Crippen LogP contribution in [0.25, 0.3) is 9.88 Å². The lowest BCUT2D eigenvalue weighted by Gasteiger charge is -2.31. The molecule has 4 rings (SSSR count). The molecular weight excluding hydrogens is 428 g/mol. The standard InChI is InChI=1S/C19H20N4O3S3/c1-22-7-9-23(10-8-22)29(25,26)15-5-2-4-14(12-15)21-18(24)17-13-20-19(28-17)16-6-3-11-27-16/h2-6,11-13H,7-10H2,1H3,(H,21,24). The lowest BCUT2D eigenvalue weighted by atomic mass is 10.3. The second kappa shape index (κ2) is 8.33. The van der Waals surface area contributed by atoms with E-state index in [1.807, 2.05) is 24.6 Å². The van der Waals surface area contributed by atoms with E-state index in [1.54, 1.807) is 35.7 Å². The number of carbonyl (C=O) groups is 1. The third kappa shape index (κ3) is 4.41. The molecule has 0 unspecified atom stereocenters. The summed E-state index contributed by atoms with van der Waals surface area (Å²) in [5, 5.41) is 5.53. The van der Waals surface area contributed by atoms with Gasteiger partial charge in [-0.05, 0) is 36.7 Å². The number of benzene rings is 1. The van der Waals surface area contributed by atoms with E-state index in [-0.39, 0.29) is 10.8 Å². The summed E-state index contributed by atoms with van der Waals surface area (Å²) in [7, 11) is -1.61. The number of nitrogens with one attached hydrogen (secondary N) is 1. The second-order valence-electron chi connectivity index (χ2n) is 6.70. The third-order valence-corrected chi connectivity index (χ3v) is 8.58. The number of sulfonamides is 1. The van der Waals surface area contributed by atoms with Gasteiger partial charge in [-0.15, -0.1) is 22.7 Å². The van der Waals surface area contributed by atoms with Gasteiger partial charge in [-0.25, -0.2) is 13.4 Å². The summed E-state index contributed by atoms with van der Waals surface area (Å²) in [5.41, 5.74) is 0.441. The number of hydrogen-bond acceptors (Lipinski definition) is 7. The molecular formula is C19H20N4O3S3. The average molecular weight is 449 g/mol. The minimum absolute atomic E-state index is 0.184. The molecule has 29 heavy (non-hydrogen) atoms. The van der Waals surface area contributed by atoms with Crippen molar-refractivity contribution in [1.29, 1.82) is 0 Å². The molecule has 0 saturated carbocycles. The molecule has 0 bridgehead atoms. The summed E-state index contributed by atoms with van der Waals surface area (Å²) in [6.45, 7) is 2.32. The highest BCUT2D eigenvalue weighted by atomic mass is 32.2. The van der Waals surface area contributed by atoms with E-state index in [9.17, 15) is 13.2 Å². The van der Waals surface area contributed by atoms with Gasteiger partial charge in [-0.2, -0.15) is 4.31 Å². The van der Waals surface area contributed by atoms with Gasteiger partial charge in [0.05, 0.1) is 16.0 Å². The smallest absolute Gasteiger partial charge is 0.267 e. The highest BCUT2D eigenvalue weighted by Crippen LogP contribution is 2.29. The van der Waals surface area contributed by atoms with Crippen molar-refractivity contribution in [2.24, 2.45) is 0 Å². The fourth-order valence-corrected chi connectivity index (χ4v) is 6.08. The first-order chi connectivity index (χ1) is 13.9. The molecule has 0 radical (unpaired) electrons. The Bertz CT molecular complexity index is 1100. The van der Waals surface area contributed by atoms with Gasteiger partial charge in [0.15, 0.2) is 0 Å². The quantitative estimate of drug-likeness (QED) is 0.649. The van der Waals surface area contributed by atoms with Crippen molar-refractivity contribution in [2.45, 2.75) is 4.90 Å². The molecule has 1 amide bonds. The molecule has 3 aromatic rings. The van der Waals surface area contributed by atoms with Gasteiger partial charge < -0.3 is 10.2 Å². The number of carbonyl (C=O) groups excluding carboxylic acids is 1. The van der Waals surface area contributed by atoms with Gasteiger partial charge >= 0.3 is 0 Å². The SMILES string of the molecule is CN1CCN(S(=O)(=O)c2cccc(NC(=O)c3cnc(-c4cccs4)s3)c2)CC1. The van der Waals surface area contributed by atoms with Crippen molar-refractivity contribution in [2.75, 3.05) is 38.5 Å². The van der Waals surface area contributed by atoms with E-state index in [0.717, 1.165) is 9.88 Å². The number of hydrogen-bond donors (Lipinski definition) is 1. The van der Waals surface area contributed by atoms with Crippen LogP contribution >= 0.6 is 22.7 Å². The molecule has 1 aliphatic heterocycles. The summed E-state index contributed by atoms with van der Waals surface area (Å²) in [6, 6.07) is 10.3. The summed E-state index contributed by atoms with van der Waals surface area (Å²) in [6.07, 6.45) is 1.54. The number of nitrogens with zero attached hydrogens (tertiary/aromatic N) is 3. The Morgan fingerprint density at radius 2 is 1.93 bits per heavy atom. The van der Waals surface area contributed by atoms with Crippen molar-refractivity contribution >= 4 is 44.3 Å². The first-order valence-corrected chi connectivity index (χ1v) is 12.2. The molecule has 10 heteroatoms. The average Bonchev–Trinajstić information content (AvgIpc) is 3.40. The van der Waals surface area contributed by atoms with Gasteiger partial charge in [0, 0.05) is 31.9 Å². The van der Waals surface area contributed by atoms with E-state index >= 15 is 0 Å². The molecule has 1 fully saturated rings. The fraction of sp³-hybridized carbons (Fsp3) is 0.263. The molecule has 1 aromatic carbocycles. The van der Waals surface area contributed by atoms with Crippen LogP contribution in [0.4, 0.5) is 5.69 Å². The summed E-state index contributed by atoms with van der Waals surface area (Å²) in [5.74, 6) is -0.306. The Morgan fingerprint density at radius 1 is 1.14 bits per heavy atom. The van der Waals surface area contributed by atoms with E-state index in [2.05, 4.69) is 15.2 Å². The monoisotopic (exact) mass is 448 g/mol. The summed E-state index contributed by atoms with van der Waals surface area (Å²) in [4.78, 5) is 20.7. The Balaban J connectivity index is 1.49.